The van der Waals surface area contributed by atoms with E-state index in [0.717, 1.165) is 0 Å². The maximum Gasteiger partial charge on any atom is 0.0366 e. The Hall–Kier alpha value is -1.02. The van der Waals surface area contributed by atoms with E-state index in [2.05, 4.69) is 50.1 Å². The van der Waals surface area contributed by atoms with Crippen molar-refractivity contribution in [2.45, 2.75) is 45.7 Å². The van der Waals surface area contributed by atoms with Crippen LogP contribution in [0.1, 0.15) is 45.2 Å². The minimum absolute atomic E-state index is 0.118. The molecule has 0 aromatic heterocycles. The standard InChI is InChI=1S/C14H24N2/c1-5-13(6-2)16(4)14-9-7-12(8-10-14)11(3)15/h7-11,13H,5-6,15H2,1-4H3/t11-/m1/s1. The minimum atomic E-state index is 0.118. The molecule has 0 bridgehead atoms. The predicted molar refractivity (Wildman–Crippen MR) is 71.8 cm³/mol. The summed E-state index contributed by atoms with van der Waals surface area (Å²) < 4.78 is 0. The maximum atomic E-state index is 5.84. The zero-order chi connectivity index (χ0) is 12.1. The molecular weight excluding hydrogens is 196 g/mol. The average Bonchev–Trinajstić information content (AvgIpc) is 2.30. The van der Waals surface area contributed by atoms with Crippen molar-refractivity contribution in [2.24, 2.45) is 5.73 Å². The molecule has 0 saturated carbocycles. The van der Waals surface area contributed by atoms with Gasteiger partial charge in [-0.15, -0.1) is 0 Å². The highest BCUT2D eigenvalue weighted by molar-refractivity contribution is 5.48. The van der Waals surface area contributed by atoms with E-state index >= 15 is 0 Å². The minimum Gasteiger partial charge on any atom is -0.372 e. The number of nitrogens with zero attached hydrogens (tertiary/aromatic N) is 1. The molecule has 0 amide bonds. The Labute approximate surface area is 99.5 Å². The van der Waals surface area contributed by atoms with Crippen molar-refractivity contribution in [1.29, 1.82) is 0 Å². The third-order valence-electron chi connectivity index (χ3n) is 3.32. The number of hydrogen-bond donors (Lipinski definition) is 1. The highest BCUT2D eigenvalue weighted by Gasteiger charge is 2.11. The summed E-state index contributed by atoms with van der Waals surface area (Å²) in [5, 5.41) is 0. The normalized spacial score (nSPS) is 12.9. The molecule has 0 aliphatic heterocycles. The van der Waals surface area contributed by atoms with Crippen LogP contribution in [0.3, 0.4) is 0 Å². The van der Waals surface area contributed by atoms with Gasteiger partial charge in [0.25, 0.3) is 0 Å². The van der Waals surface area contributed by atoms with Gasteiger partial charge in [0.1, 0.15) is 0 Å². The van der Waals surface area contributed by atoms with Crippen LogP contribution < -0.4 is 10.6 Å². The third-order valence-corrected chi connectivity index (χ3v) is 3.32. The lowest BCUT2D eigenvalue weighted by atomic mass is 10.1. The Balaban J connectivity index is 2.80. The number of anilines is 1. The quantitative estimate of drug-likeness (QED) is 0.824. The summed E-state index contributed by atoms with van der Waals surface area (Å²) in [5.41, 5.74) is 8.31. The second-order valence-electron chi connectivity index (χ2n) is 4.46. The second kappa shape index (κ2) is 5.90. The van der Waals surface area contributed by atoms with Crippen LogP contribution in [-0.2, 0) is 0 Å². The first-order valence-electron chi connectivity index (χ1n) is 6.18. The fourth-order valence-corrected chi connectivity index (χ4v) is 2.06. The molecule has 2 heteroatoms. The molecule has 0 aliphatic carbocycles. The molecule has 1 atom stereocenters. The molecule has 16 heavy (non-hydrogen) atoms. The van der Waals surface area contributed by atoms with Crippen molar-refractivity contribution in [1.82, 2.24) is 0 Å². The van der Waals surface area contributed by atoms with Gasteiger partial charge in [0.15, 0.2) is 0 Å². The number of benzene rings is 1. The van der Waals surface area contributed by atoms with E-state index < -0.39 is 0 Å². The van der Waals surface area contributed by atoms with Crippen LogP contribution in [0.25, 0.3) is 0 Å². The van der Waals surface area contributed by atoms with Crippen LogP contribution >= 0.6 is 0 Å². The molecule has 0 fully saturated rings. The maximum absolute atomic E-state index is 5.84. The fraction of sp³-hybridized carbons (Fsp3) is 0.571. The molecule has 1 aromatic carbocycles. The van der Waals surface area contributed by atoms with Crippen LogP contribution in [-0.4, -0.2) is 13.1 Å². The van der Waals surface area contributed by atoms with E-state index in [1.807, 2.05) is 6.92 Å². The molecule has 0 aliphatic rings. The van der Waals surface area contributed by atoms with E-state index in [4.69, 9.17) is 5.73 Å². The molecule has 0 radical (unpaired) electrons. The number of hydrogen-bond acceptors (Lipinski definition) is 2. The van der Waals surface area contributed by atoms with E-state index in [9.17, 15) is 0 Å². The Bertz CT molecular complexity index is 299. The lowest BCUT2D eigenvalue weighted by Gasteiger charge is -2.28. The predicted octanol–water partition coefficient (Wildman–Crippen LogP) is 3.33. The van der Waals surface area contributed by atoms with Gasteiger partial charge >= 0.3 is 0 Å². The van der Waals surface area contributed by atoms with Crippen LogP contribution in [0.15, 0.2) is 24.3 Å². The third kappa shape index (κ3) is 2.99. The van der Waals surface area contributed by atoms with Crippen molar-refractivity contribution in [2.75, 3.05) is 11.9 Å². The zero-order valence-corrected chi connectivity index (χ0v) is 10.9. The topological polar surface area (TPSA) is 29.3 Å². The van der Waals surface area contributed by atoms with Gasteiger partial charge in [0.2, 0.25) is 0 Å². The van der Waals surface area contributed by atoms with Crippen LogP contribution in [0.2, 0.25) is 0 Å². The van der Waals surface area contributed by atoms with Gasteiger partial charge in [-0.25, -0.2) is 0 Å². The first-order chi connectivity index (χ1) is 7.60. The first-order valence-corrected chi connectivity index (χ1v) is 6.18. The van der Waals surface area contributed by atoms with Gasteiger partial charge in [-0.05, 0) is 37.5 Å². The van der Waals surface area contributed by atoms with Gasteiger partial charge < -0.3 is 10.6 Å². The Kier molecular flexibility index (Phi) is 4.81. The van der Waals surface area contributed by atoms with E-state index in [0.29, 0.717) is 6.04 Å². The molecule has 90 valence electrons. The summed E-state index contributed by atoms with van der Waals surface area (Å²) >= 11 is 0. The van der Waals surface area contributed by atoms with Crippen molar-refractivity contribution >= 4 is 5.69 Å². The van der Waals surface area contributed by atoms with Gasteiger partial charge in [-0.1, -0.05) is 26.0 Å². The Morgan fingerprint density at radius 1 is 1.12 bits per heavy atom. The zero-order valence-electron chi connectivity index (χ0n) is 10.9. The molecular formula is C14H24N2. The molecule has 1 aromatic rings. The van der Waals surface area contributed by atoms with Crippen molar-refractivity contribution < 1.29 is 0 Å². The van der Waals surface area contributed by atoms with Crippen LogP contribution in [0, 0.1) is 0 Å². The van der Waals surface area contributed by atoms with Crippen molar-refractivity contribution in [3.8, 4) is 0 Å². The molecule has 0 unspecified atom stereocenters. The van der Waals surface area contributed by atoms with Gasteiger partial charge in [-0.2, -0.15) is 0 Å². The smallest absolute Gasteiger partial charge is 0.0366 e. The summed E-state index contributed by atoms with van der Waals surface area (Å²) in [6.45, 7) is 6.49. The number of nitrogens with two attached hydrogens (primary N) is 1. The lowest BCUT2D eigenvalue weighted by molar-refractivity contribution is 0.591. The highest BCUT2D eigenvalue weighted by Crippen LogP contribution is 2.20. The van der Waals surface area contributed by atoms with Gasteiger partial charge in [-0.3, -0.25) is 0 Å². The largest absolute Gasteiger partial charge is 0.372 e. The average molecular weight is 220 g/mol. The molecule has 0 spiro atoms. The Morgan fingerprint density at radius 2 is 1.62 bits per heavy atom. The van der Waals surface area contributed by atoms with Crippen molar-refractivity contribution in [3.05, 3.63) is 29.8 Å². The monoisotopic (exact) mass is 220 g/mol. The van der Waals surface area contributed by atoms with E-state index in [-0.39, 0.29) is 6.04 Å². The van der Waals surface area contributed by atoms with Gasteiger partial charge in [0, 0.05) is 24.8 Å². The SMILES string of the molecule is CCC(CC)N(C)c1ccc([C@@H](C)N)cc1. The highest BCUT2D eigenvalue weighted by atomic mass is 15.1. The Morgan fingerprint density at radius 3 is 2.00 bits per heavy atom. The van der Waals surface area contributed by atoms with Crippen LogP contribution in [0.5, 0.6) is 0 Å². The fourth-order valence-electron chi connectivity index (χ4n) is 2.06. The molecule has 0 saturated heterocycles. The van der Waals surface area contributed by atoms with E-state index in [1.165, 1.54) is 24.1 Å². The molecule has 0 heterocycles. The molecule has 2 nitrogen and oxygen atoms in total. The molecule has 2 N–H and O–H groups in total. The van der Waals surface area contributed by atoms with Crippen molar-refractivity contribution in [3.63, 3.8) is 0 Å². The summed E-state index contributed by atoms with van der Waals surface area (Å²) in [6.07, 6.45) is 2.37. The number of rotatable bonds is 5. The van der Waals surface area contributed by atoms with Gasteiger partial charge in [0.05, 0.1) is 0 Å². The van der Waals surface area contributed by atoms with Crippen LogP contribution in [0.4, 0.5) is 5.69 Å². The summed E-state index contributed by atoms with van der Waals surface area (Å²) in [6, 6.07) is 9.32. The first kappa shape index (κ1) is 13.0. The second-order valence-corrected chi connectivity index (χ2v) is 4.46. The van der Waals surface area contributed by atoms with E-state index in [1.54, 1.807) is 0 Å². The summed E-state index contributed by atoms with van der Waals surface area (Å²) in [5.74, 6) is 0. The molecule has 1 rings (SSSR count). The lowest BCUT2D eigenvalue weighted by Crippen LogP contribution is -2.30. The summed E-state index contributed by atoms with van der Waals surface area (Å²) in [7, 11) is 2.17. The summed E-state index contributed by atoms with van der Waals surface area (Å²) in [4.78, 5) is 2.35.